The standard InChI is InChI=1S/C24H15Br2N3O5/c1-14-10-19(25)22(20(26)11-14)28-23(30)16(13-27)12-15-6-8-17(9-7-15)34-24(31)18-4-2-3-5-21(18)29(32)33/h2-12H,1H3,(H,28,30)/b16-12+. The number of amides is 1. The van der Waals surface area contributed by atoms with Crippen LogP contribution in [0.4, 0.5) is 11.4 Å². The number of para-hydroxylation sites is 1. The third kappa shape index (κ3) is 5.95. The van der Waals surface area contributed by atoms with Crippen molar-refractivity contribution in [2.45, 2.75) is 6.92 Å². The zero-order valence-electron chi connectivity index (χ0n) is 17.5. The van der Waals surface area contributed by atoms with E-state index in [0.29, 0.717) is 20.2 Å². The molecule has 0 atom stereocenters. The molecule has 8 nitrogen and oxygen atoms in total. The number of halogens is 2. The Morgan fingerprint density at radius 1 is 1.09 bits per heavy atom. The van der Waals surface area contributed by atoms with E-state index in [4.69, 9.17) is 4.74 Å². The lowest BCUT2D eigenvalue weighted by molar-refractivity contribution is -0.385. The maximum absolute atomic E-state index is 12.6. The second-order valence-corrected chi connectivity index (χ2v) is 8.67. The highest BCUT2D eigenvalue weighted by atomic mass is 79.9. The second-order valence-electron chi connectivity index (χ2n) is 6.96. The van der Waals surface area contributed by atoms with Crippen molar-refractivity contribution in [1.29, 1.82) is 5.26 Å². The number of aryl methyl sites for hydroxylation is 1. The van der Waals surface area contributed by atoms with Crippen LogP contribution in [0.15, 0.2) is 75.2 Å². The van der Waals surface area contributed by atoms with Gasteiger partial charge in [-0.25, -0.2) is 4.79 Å². The third-order valence-electron chi connectivity index (χ3n) is 4.51. The van der Waals surface area contributed by atoms with Gasteiger partial charge >= 0.3 is 5.97 Å². The monoisotopic (exact) mass is 583 g/mol. The van der Waals surface area contributed by atoms with Gasteiger partial charge in [0.1, 0.15) is 23.0 Å². The minimum absolute atomic E-state index is 0.135. The van der Waals surface area contributed by atoms with Crippen LogP contribution in [0.25, 0.3) is 6.08 Å². The summed E-state index contributed by atoms with van der Waals surface area (Å²) in [5.41, 5.74) is 1.32. The zero-order chi connectivity index (χ0) is 24.8. The second kappa shape index (κ2) is 10.9. The van der Waals surface area contributed by atoms with E-state index < -0.39 is 16.8 Å². The number of esters is 1. The number of hydrogen-bond donors (Lipinski definition) is 1. The van der Waals surface area contributed by atoms with Crippen LogP contribution in [-0.4, -0.2) is 16.8 Å². The molecule has 0 radical (unpaired) electrons. The molecular formula is C24H15Br2N3O5. The fourth-order valence-corrected chi connectivity index (χ4v) is 4.53. The topological polar surface area (TPSA) is 122 Å². The van der Waals surface area contributed by atoms with Gasteiger partial charge in [0.2, 0.25) is 0 Å². The van der Waals surface area contributed by atoms with Gasteiger partial charge in [-0.15, -0.1) is 0 Å². The quantitative estimate of drug-likeness (QED) is 0.0920. The number of carbonyl (C=O) groups excluding carboxylic acids is 2. The van der Waals surface area contributed by atoms with E-state index in [2.05, 4.69) is 37.2 Å². The lowest BCUT2D eigenvalue weighted by atomic mass is 10.1. The summed E-state index contributed by atoms with van der Waals surface area (Å²) in [7, 11) is 0. The van der Waals surface area contributed by atoms with E-state index in [9.17, 15) is 25.0 Å². The first-order chi connectivity index (χ1) is 16.2. The molecule has 0 aliphatic rings. The number of nitriles is 1. The number of benzene rings is 3. The minimum atomic E-state index is -0.873. The number of nitro groups is 1. The molecule has 0 spiro atoms. The molecule has 0 fully saturated rings. The molecule has 1 amide bonds. The predicted molar refractivity (Wildman–Crippen MR) is 133 cm³/mol. The van der Waals surface area contributed by atoms with Gasteiger partial charge in [-0.2, -0.15) is 5.26 Å². The lowest BCUT2D eigenvalue weighted by Crippen LogP contribution is -2.14. The number of carbonyl (C=O) groups is 2. The fourth-order valence-electron chi connectivity index (χ4n) is 2.91. The number of hydrogen-bond acceptors (Lipinski definition) is 6. The van der Waals surface area contributed by atoms with Crippen LogP contribution in [0, 0.1) is 28.4 Å². The molecule has 0 bridgehead atoms. The lowest BCUT2D eigenvalue weighted by Gasteiger charge is -2.10. The van der Waals surface area contributed by atoms with Gasteiger partial charge in [-0.1, -0.05) is 24.3 Å². The van der Waals surface area contributed by atoms with E-state index in [0.717, 1.165) is 5.56 Å². The van der Waals surface area contributed by atoms with Gasteiger partial charge in [0.05, 0.1) is 10.6 Å². The smallest absolute Gasteiger partial charge is 0.350 e. The van der Waals surface area contributed by atoms with Crippen molar-refractivity contribution in [2.24, 2.45) is 0 Å². The summed E-state index contributed by atoms with van der Waals surface area (Å²) in [5, 5.41) is 23.3. The first-order valence-electron chi connectivity index (χ1n) is 9.64. The average Bonchev–Trinajstić information content (AvgIpc) is 2.80. The van der Waals surface area contributed by atoms with Crippen molar-refractivity contribution >= 4 is 61.2 Å². The first kappa shape index (κ1) is 24.8. The summed E-state index contributed by atoms with van der Waals surface area (Å²) in [6.45, 7) is 1.91. The van der Waals surface area contributed by atoms with E-state index in [1.54, 1.807) is 12.1 Å². The summed E-state index contributed by atoms with van der Waals surface area (Å²) in [5.74, 6) is -1.32. The molecule has 0 aliphatic heterocycles. The van der Waals surface area contributed by atoms with Crippen LogP contribution in [0.2, 0.25) is 0 Å². The van der Waals surface area contributed by atoms with E-state index in [1.807, 2.05) is 25.1 Å². The van der Waals surface area contributed by atoms with Crippen molar-refractivity contribution in [1.82, 2.24) is 0 Å². The molecule has 34 heavy (non-hydrogen) atoms. The molecule has 0 aliphatic carbocycles. The number of nitrogens with one attached hydrogen (secondary N) is 1. The molecule has 170 valence electrons. The molecule has 0 aromatic heterocycles. The van der Waals surface area contributed by atoms with Crippen molar-refractivity contribution in [3.05, 3.63) is 102 Å². The van der Waals surface area contributed by atoms with Gasteiger partial charge in [0, 0.05) is 15.0 Å². The fraction of sp³-hybridized carbons (Fsp3) is 0.0417. The zero-order valence-corrected chi connectivity index (χ0v) is 20.7. The Hall–Kier alpha value is -3.81. The first-order valence-corrected chi connectivity index (χ1v) is 11.2. The number of nitro benzene ring substituents is 1. The van der Waals surface area contributed by atoms with Crippen LogP contribution in [0.3, 0.4) is 0 Å². The molecule has 0 saturated carbocycles. The van der Waals surface area contributed by atoms with Crippen molar-refractivity contribution in [2.75, 3.05) is 5.32 Å². The Kier molecular flexibility index (Phi) is 7.94. The summed E-state index contributed by atoms with van der Waals surface area (Å²) < 4.78 is 6.54. The van der Waals surface area contributed by atoms with Gasteiger partial charge < -0.3 is 10.1 Å². The molecule has 3 aromatic carbocycles. The number of ether oxygens (including phenoxy) is 1. The van der Waals surface area contributed by atoms with Crippen LogP contribution in [0.1, 0.15) is 21.5 Å². The molecule has 0 unspecified atom stereocenters. The maximum Gasteiger partial charge on any atom is 0.350 e. The number of rotatable bonds is 6. The minimum Gasteiger partial charge on any atom is -0.423 e. The Morgan fingerprint density at radius 2 is 1.71 bits per heavy atom. The van der Waals surface area contributed by atoms with Crippen LogP contribution < -0.4 is 10.1 Å². The van der Waals surface area contributed by atoms with Gasteiger partial charge in [-0.3, -0.25) is 14.9 Å². The van der Waals surface area contributed by atoms with Crippen molar-refractivity contribution in [3.63, 3.8) is 0 Å². The van der Waals surface area contributed by atoms with E-state index >= 15 is 0 Å². The molecule has 0 saturated heterocycles. The largest absolute Gasteiger partial charge is 0.423 e. The molecular weight excluding hydrogens is 570 g/mol. The molecule has 10 heteroatoms. The van der Waals surface area contributed by atoms with Gasteiger partial charge in [0.15, 0.2) is 0 Å². The Labute approximate surface area is 211 Å². The average molecular weight is 585 g/mol. The summed E-state index contributed by atoms with van der Waals surface area (Å²) >= 11 is 6.79. The molecule has 1 N–H and O–H groups in total. The highest BCUT2D eigenvalue weighted by molar-refractivity contribution is 9.11. The van der Waals surface area contributed by atoms with Crippen molar-refractivity contribution < 1.29 is 19.2 Å². The third-order valence-corrected chi connectivity index (χ3v) is 5.76. The number of anilines is 1. The predicted octanol–water partition coefficient (Wildman–Crippen LogP) is 6.19. The van der Waals surface area contributed by atoms with Crippen LogP contribution in [-0.2, 0) is 4.79 Å². The van der Waals surface area contributed by atoms with Crippen molar-refractivity contribution in [3.8, 4) is 11.8 Å². The highest BCUT2D eigenvalue weighted by Crippen LogP contribution is 2.32. The van der Waals surface area contributed by atoms with Gasteiger partial charge in [0.25, 0.3) is 11.6 Å². The normalized spacial score (nSPS) is 10.8. The molecule has 3 aromatic rings. The van der Waals surface area contributed by atoms with Gasteiger partial charge in [-0.05, 0) is 86.3 Å². The molecule has 3 rings (SSSR count). The SMILES string of the molecule is Cc1cc(Br)c(NC(=O)/C(C#N)=C/c2ccc(OC(=O)c3ccccc3[N+](=O)[O-])cc2)c(Br)c1. The van der Waals surface area contributed by atoms with Crippen LogP contribution >= 0.6 is 31.9 Å². The van der Waals surface area contributed by atoms with E-state index in [-0.39, 0.29) is 22.6 Å². The Balaban J connectivity index is 1.75. The summed E-state index contributed by atoms with van der Waals surface area (Å²) in [6, 6.07) is 17.0. The summed E-state index contributed by atoms with van der Waals surface area (Å²) in [4.78, 5) is 35.4. The highest BCUT2D eigenvalue weighted by Gasteiger charge is 2.21. The summed E-state index contributed by atoms with van der Waals surface area (Å²) in [6.07, 6.45) is 1.39. The van der Waals surface area contributed by atoms with Crippen LogP contribution in [0.5, 0.6) is 5.75 Å². The molecule has 0 heterocycles. The Bertz CT molecular complexity index is 1340. The maximum atomic E-state index is 12.6. The number of nitrogens with zero attached hydrogens (tertiary/aromatic N) is 2. The Morgan fingerprint density at radius 3 is 2.29 bits per heavy atom. The van der Waals surface area contributed by atoms with E-state index in [1.165, 1.54) is 42.5 Å².